The number of fused-ring (bicyclic) bond motifs is 1. The van der Waals surface area contributed by atoms with Crippen molar-refractivity contribution < 1.29 is 10.0 Å². The van der Waals surface area contributed by atoms with E-state index in [1.807, 2.05) is 30.3 Å². The summed E-state index contributed by atoms with van der Waals surface area (Å²) in [4.78, 5) is 15.7. The average Bonchev–Trinajstić information content (AvgIpc) is 2.92. The lowest BCUT2D eigenvalue weighted by Gasteiger charge is -2.07. The number of phenols is 1. The lowest BCUT2D eigenvalue weighted by molar-refractivity contribution is -0.384. The van der Waals surface area contributed by atoms with Crippen molar-refractivity contribution >= 4 is 29.1 Å². The number of aromatic hydroxyl groups is 1. The van der Waals surface area contributed by atoms with Crippen LogP contribution in [0.4, 0.5) is 5.69 Å². The average molecular weight is 378 g/mol. The summed E-state index contributed by atoms with van der Waals surface area (Å²) >= 11 is 5.54. The van der Waals surface area contributed by atoms with Gasteiger partial charge in [-0.2, -0.15) is 0 Å². The Morgan fingerprint density at radius 1 is 1.11 bits per heavy atom. The monoisotopic (exact) mass is 378 g/mol. The molecule has 0 bridgehead atoms. The third-order valence-electron chi connectivity index (χ3n) is 4.38. The number of aryl methyl sites for hydroxylation is 1. The lowest BCUT2D eigenvalue weighted by atomic mass is 10.1. The third-order valence-corrected chi connectivity index (χ3v) is 4.84. The Morgan fingerprint density at radius 2 is 1.78 bits per heavy atom. The Morgan fingerprint density at radius 3 is 2.44 bits per heavy atom. The number of nitrogens with zero attached hydrogens (tertiary/aromatic N) is 4. The van der Waals surface area contributed by atoms with Crippen molar-refractivity contribution in [3.8, 4) is 22.7 Å². The van der Waals surface area contributed by atoms with E-state index in [4.69, 9.17) is 12.2 Å². The van der Waals surface area contributed by atoms with Crippen LogP contribution in [-0.2, 0) is 7.05 Å². The van der Waals surface area contributed by atoms with Crippen LogP contribution in [0.3, 0.4) is 0 Å². The molecule has 0 amide bonds. The number of rotatable bonds is 3. The Balaban J connectivity index is 2.14. The molecule has 4 aromatic rings. The van der Waals surface area contributed by atoms with E-state index in [2.05, 4.69) is 4.98 Å². The van der Waals surface area contributed by atoms with Gasteiger partial charge in [-0.1, -0.05) is 30.3 Å². The van der Waals surface area contributed by atoms with Gasteiger partial charge in [-0.3, -0.25) is 14.7 Å². The molecular weight excluding hydrogens is 364 g/mol. The van der Waals surface area contributed by atoms with Gasteiger partial charge < -0.3 is 9.67 Å². The summed E-state index contributed by atoms with van der Waals surface area (Å²) < 4.78 is 3.91. The molecule has 0 atom stereocenters. The maximum atomic E-state index is 11.7. The molecule has 0 aliphatic carbocycles. The second kappa shape index (κ2) is 6.33. The standard InChI is InChI=1S/C19H14N4O3S/c1-21-15-11-14(23(25)26)17(13-9-5-6-10-16(13)24)20-18(15)22(19(21)27)12-7-3-2-4-8-12/h2-11,24H,1H3. The van der Waals surface area contributed by atoms with E-state index in [1.165, 1.54) is 12.1 Å². The molecule has 0 aliphatic rings. The Kier molecular flexibility index (Phi) is 3.97. The zero-order chi connectivity index (χ0) is 19.1. The number of phenolic OH excluding ortho intramolecular Hbond substituents is 1. The largest absolute Gasteiger partial charge is 0.507 e. The first-order valence-electron chi connectivity index (χ1n) is 8.09. The van der Waals surface area contributed by atoms with Gasteiger partial charge in [0.1, 0.15) is 5.75 Å². The fourth-order valence-electron chi connectivity index (χ4n) is 3.06. The Labute approximate surface area is 158 Å². The van der Waals surface area contributed by atoms with Gasteiger partial charge in [-0.05, 0) is 36.5 Å². The van der Waals surface area contributed by atoms with Crippen LogP contribution in [0.2, 0.25) is 0 Å². The first-order chi connectivity index (χ1) is 13.0. The molecular formula is C19H14N4O3S. The van der Waals surface area contributed by atoms with Crippen LogP contribution in [-0.4, -0.2) is 24.1 Å². The summed E-state index contributed by atoms with van der Waals surface area (Å²) in [5.41, 5.74) is 2.01. The van der Waals surface area contributed by atoms with E-state index in [9.17, 15) is 15.2 Å². The zero-order valence-corrected chi connectivity index (χ0v) is 15.1. The molecule has 4 rings (SSSR count). The highest BCUT2D eigenvalue weighted by Gasteiger charge is 2.24. The molecule has 2 aromatic heterocycles. The van der Waals surface area contributed by atoms with E-state index in [0.717, 1.165) is 5.69 Å². The Bertz CT molecular complexity index is 1250. The molecule has 0 saturated carbocycles. The van der Waals surface area contributed by atoms with Crippen molar-refractivity contribution in [1.29, 1.82) is 0 Å². The number of hydrogen-bond donors (Lipinski definition) is 1. The van der Waals surface area contributed by atoms with Gasteiger partial charge >= 0.3 is 0 Å². The first-order valence-corrected chi connectivity index (χ1v) is 8.50. The second-order valence-electron chi connectivity index (χ2n) is 5.99. The van der Waals surface area contributed by atoms with Crippen LogP contribution in [0.25, 0.3) is 28.1 Å². The minimum atomic E-state index is -0.503. The molecule has 8 heteroatoms. The van der Waals surface area contributed by atoms with Gasteiger partial charge in [-0.25, -0.2) is 4.98 Å². The quantitative estimate of drug-likeness (QED) is 0.325. The predicted octanol–water partition coefficient (Wildman–Crippen LogP) is 4.37. The van der Waals surface area contributed by atoms with Gasteiger partial charge in [0.2, 0.25) is 0 Å². The van der Waals surface area contributed by atoms with Crippen molar-refractivity contribution in [3.05, 3.63) is 75.5 Å². The van der Waals surface area contributed by atoms with E-state index in [-0.39, 0.29) is 17.1 Å². The highest BCUT2D eigenvalue weighted by atomic mass is 32.1. The molecule has 134 valence electrons. The number of pyridine rings is 1. The van der Waals surface area contributed by atoms with Crippen molar-refractivity contribution in [2.45, 2.75) is 0 Å². The molecule has 2 heterocycles. The summed E-state index contributed by atoms with van der Waals surface area (Å²) in [6.45, 7) is 0. The molecule has 2 aromatic carbocycles. The molecule has 7 nitrogen and oxygen atoms in total. The SMILES string of the molecule is Cn1c(=S)n(-c2ccccc2)c2nc(-c3ccccc3O)c([N+](=O)[O-])cc21. The smallest absolute Gasteiger partial charge is 0.297 e. The van der Waals surface area contributed by atoms with Crippen LogP contribution < -0.4 is 0 Å². The molecule has 1 N–H and O–H groups in total. The van der Waals surface area contributed by atoms with Crippen molar-refractivity contribution in [3.63, 3.8) is 0 Å². The lowest BCUT2D eigenvalue weighted by Crippen LogP contribution is -1.99. The molecule has 27 heavy (non-hydrogen) atoms. The summed E-state index contributed by atoms with van der Waals surface area (Å²) in [5.74, 6) is -0.0757. The predicted molar refractivity (Wildman–Crippen MR) is 105 cm³/mol. The van der Waals surface area contributed by atoms with Gasteiger partial charge in [0.05, 0.1) is 10.4 Å². The van der Waals surface area contributed by atoms with Gasteiger partial charge in [0.25, 0.3) is 5.69 Å². The van der Waals surface area contributed by atoms with E-state index >= 15 is 0 Å². The minimum absolute atomic E-state index is 0.0757. The number of benzene rings is 2. The summed E-state index contributed by atoms with van der Waals surface area (Å²) in [6, 6.07) is 17.3. The topological polar surface area (TPSA) is 86.1 Å². The van der Waals surface area contributed by atoms with Crippen molar-refractivity contribution in [1.82, 2.24) is 14.1 Å². The molecule has 0 aliphatic heterocycles. The van der Waals surface area contributed by atoms with Crippen molar-refractivity contribution in [2.24, 2.45) is 7.05 Å². The fourth-order valence-corrected chi connectivity index (χ4v) is 3.35. The molecule has 0 saturated heterocycles. The number of hydrogen-bond acceptors (Lipinski definition) is 5. The number of nitro groups is 1. The maximum Gasteiger partial charge on any atom is 0.297 e. The molecule has 0 spiro atoms. The number of para-hydroxylation sites is 2. The summed E-state index contributed by atoms with van der Waals surface area (Å²) in [6.07, 6.45) is 0. The first kappa shape index (κ1) is 16.9. The molecule has 0 radical (unpaired) electrons. The zero-order valence-electron chi connectivity index (χ0n) is 14.2. The highest BCUT2D eigenvalue weighted by Crippen LogP contribution is 2.36. The second-order valence-corrected chi connectivity index (χ2v) is 6.35. The molecule has 0 fully saturated rings. The van der Waals surface area contributed by atoms with Crippen LogP contribution in [0.1, 0.15) is 0 Å². The van der Waals surface area contributed by atoms with Gasteiger partial charge in [0.15, 0.2) is 16.1 Å². The van der Waals surface area contributed by atoms with Crippen molar-refractivity contribution in [2.75, 3.05) is 0 Å². The van der Waals surface area contributed by atoms with Crippen LogP contribution in [0.5, 0.6) is 5.75 Å². The number of aromatic nitrogens is 3. The fraction of sp³-hybridized carbons (Fsp3) is 0.0526. The maximum absolute atomic E-state index is 11.7. The summed E-state index contributed by atoms with van der Waals surface area (Å²) in [7, 11) is 1.75. The van der Waals surface area contributed by atoms with Crippen LogP contribution in [0.15, 0.2) is 60.7 Å². The third kappa shape index (κ3) is 2.67. The van der Waals surface area contributed by atoms with E-state index in [0.29, 0.717) is 21.5 Å². The summed E-state index contributed by atoms with van der Waals surface area (Å²) in [5, 5.41) is 21.9. The van der Waals surface area contributed by atoms with Crippen LogP contribution >= 0.6 is 12.2 Å². The highest BCUT2D eigenvalue weighted by molar-refractivity contribution is 7.71. The molecule has 0 unspecified atom stereocenters. The van der Waals surface area contributed by atoms with Gasteiger partial charge in [0, 0.05) is 24.4 Å². The van der Waals surface area contributed by atoms with Gasteiger partial charge in [-0.15, -0.1) is 0 Å². The van der Waals surface area contributed by atoms with E-state index < -0.39 is 4.92 Å². The minimum Gasteiger partial charge on any atom is -0.507 e. The van der Waals surface area contributed by atoms with Crippen LogP contribution in [0, 0.1) is 14.9 Å². The van der Waals surface area contributed by atoms with E-state index in [1.54, 1.807) is 34.4 Å². The Hall–Kier alpha value is -3.52. The number of imidazole rings is 1. The normalized spacial score (nSPS) is 11.0.